The molecule has 0 atom stereocenters. The van der Waals surface area contributed by atoms with Crippen molar-refractivity contribution < 1.29 is 4.79 Å². The van der Waals surface area contributed by atoms with Gasteiger partial charge in [0.05, 0.1) is 5.70 Å². The van der Waals surface area contributed by atoms with E-state index in [9.17, 15) is 4.79 Å². The first-order valence-corrected chi connectivity index (χ1v) is 3.32. The summed E-state index contributed by atoms with van der Waals surface area (Å²) in [6, 6.07) is 0. The van der Waals surface area contributed by atoms with Crippen LogP contribution >= 0.6 is 23.2 Å². The third-order valence-electron chi connectivity index (χ3n) is 0.683. The molecule has 0 radical (unpaired) electrons. The Hall–Kier alpha value is -0.890. The highest BCUT2D eigenvalue weighted by Gasteiger charge is 1.89. The smallest absolute Gasteiger partial charge is 0.240 e. The van der Waals surface area contributed by atoms with Crippen LogP contribution in [0.3, 0.4) is 0 Å². The van der Waals surface area contributed by atoms with Gasteiger partial charge in [-0.15, -0.1) is 0 Å². The summed E-state index contributed by atoms with van der Waals surface area (Å²) in [6.45, 7) is 0. The van der Waals surface area contributed by atoms with Crippen molar-refractivity contribution in [3.63, 3.8) is 0 Å². The molecule has 58 valence electrons. The highest BCUT2D eigenvalue weighted by molar-refractivity contribution is 6.67. The fraction of sp³-hybridized carbons (Fsp3) is 0. The summed E-state index contributed by atoms with van der Waals surface area (Å²) in [5.41, 5.74) is 1.35. The molecule has 1 N–H and O–H groups in total. The number of isocyanates is 1. The molecule has 0 unspecified atom stereocenters. The minimum atomic E-state index is -0.228. The number of aliphatic imine (C=N–C) groups is 1. The Kier molecular flexibility index (Phi) is 5.39. The number of allylic oxidation sites excluding steroid dienone is 2. The predicted molar refractivity (Wildman–Crippen MR) is 44.8 cm³/mol. The van der Waals surface area contributed by atoms with E-state index in [4.69, 9.17) is 28.6 Å². The second-order valence-corrected chi connectivity index (χ2v) is 2.07. The standard InChI is InChI=1S/C6H4Cl2N2O/c7-2-1-5(10-4-11)3-6(8)9/h1-3,9H/b2-1+,5-3+,9-6?. The summed E-state index contributed by atoms with van der Waals surface area (Å²) in [5.74, 6) is 0. The first kappa shape index (κ1) is 10.1. The second kappa shape index (κ2) is 5.86. The Morgan fingerprint density at radius 3 is 2.64 bits per heavy atom. The average Bonchev–Trinajstić information content (AvgIpc) is 1.87. The van der Waals surface area contributed by atoms with Crippen molar-refractivity contribution in [2.45, 2.75) is 0 Å². The van der Waals surface area contributed by atoms with Crippen LogP contribution in [0.4, 0.5) is 0 Å². The summed E-state index contributed by atoms with van der Waals surface area (Å²) >= 11 is 10.4. The maximum absolute atomic E-state index is 9.75. The Bertz CT molecular complexity index is 251. The Labute approximate surface area is 73.5 Å². The monoisotopic (exact) mass is 190 g/mol. The maximum atomic E-state index is 9.75. The zero-order valence-corrected chi connectivity index (χ0v) is 6.86. The van der Waals surface area contributed by atoms with Crippen molar-refractivity contribution >= 4 is 34.5 Å². The molecular weight excluding hydrogens is 187 g/mol. The molecule has 0 saturated carbocycles. The second-order valence-electron chi connectivity index (χ2n) is 1.41. The minimum absolute atomic E-state index is 0.190. The van der Waals surface area contributed by atoms with E-state index in [1.165, 1.54) is 18.2 Å². The molecule has 0 aromatic carbocycles. The molecule has 11 heavy (non-hydrogen) atoms. The fourth-order valence-electron chi connectivity index (χ4n) is 0.365. The van der Waals surface area contributed by atoms with Gasteiger partial charge in [0.2, 0.25) is 6.08 Å². The molecule has 0 fully saturated rings. The molecule has 0 bridgehead atoms. The highest BCUT2D eigenvalue weighted by Crippen LogP contribution is 2.00. The lowest BCUT2D eigenvalue weighted by Gasteiger charge is -1.85. The van der Waals surface area contributed by atoms with Gasteiger partial charge in [-0.2, -0.15) is 4.99 Å². The summed E-state index contributed by atoms with van der Waals surface area (Å²) < 4.78 is 0. The molecule has 0 aliphatic carbocycles. The third kappa shape index (κ3) is 5.55. The Morgan fingerprint density at radius 1 is 1.64 bits per heavy atom. The SMILES string of the molecule is N=C(Cl)/C=C(\C=C\Cl)N=C=O. The van der Waals surface area contributed by atoms with E-state index in [0.717, 1.165) is 5.54 Å². The van der Waals surface area contributed by atoms with Crippen LogP contribution < -0.4 is 0 Å². The van der Waals surface area contributed by atoms with E-state index in [1.54, 1.807) is 0 Å². The van der Waals surface area contributed by atoms with Crippen LogP contribution in [0.5, 0.6) is 0 Å². The molecule has 0 saturated heterocycles. The molecule has 0 aliphatic heterocycles. The van der Waals surface area contributed by atoms with Gasteiger partial charge in [-0.1, -0.05) is 23.2 Å². The number of nitrogens with zero attached hydrogens (tertiary/aromatic N) is 1. The van der Waals surface area contributed by atoms with E-state index in [1.807, 2.05) is 0 Å². The lowest BCUT2D eigenvalue weighted by molar-refractivity contribution is 0.565. The number of halogens is 2. The van der Waals surface area contributed by atoms with Crippen LogP contribution in [0.25, 0.3) is 0 Å². The predicted octanol–water partition coefficient (Wildman–Crippen LogP) is 2.17. The molecule has 0 spiro atoms. The van der Waals surface area contributed by atoms with Crippen molar-refractivity contribution in [3.05, 3.63) is 23.4 Å². The number of nitrogens with one attached hydrogen (secondary N) is 1. The summed E-state index contributed by atoms with van der Waals surface area (Å²) in [7, 11) is 0. The molecule has 3 nitrogen and oxygen atoms in total. The Morgan fingerprint density at radius 2 is 2.27 bits per heavy atom. The van der Waals surface area contributed by atoms with Crippen LogP contribution in [0, 0.1) is 5.41 Å². The third-order valence-corrected chi connectivity index (χ3v) is 0.918. The fourth-order valence-corrected chi connectivity index (χ4v) is 0.606. The van der Waals surface area contributed by atoms with Gasteiger partial charge in [-0.3, -0.25) is 5.41 Å². The number of hydrogen-bond acceptors (Lipinski definition) is 3. The van der Waals surface area contributed by atoms with E-state index in [-0.39, 0.29) is 10.9 Å². The molecule has 0 rings (SSSR count). The van der Waals surface area contributed by atoms with Crippen LogP contribution in [0.15, 0.2) is 28.4 Å². The zero-order valence-electron chi connectivity index (χ0n) is 5.34. The summed E-state index contributed by atoms with van der Waals surface area (Å²) in [5, 5.41) is 6.58. The lowest BCUT2D eigenvalue weighted by Crippen LogP contribution is -1.78. The lowest BCUT2D eigenvalue weighted by atomic mass is 10.4. The van der Waals surface area contributed by atoms with Gasteiger partial charge in [0.25, 0.3) is 0 Å². The Balaban J connectivity index is 4.58. The molecule has 0 aromatic heterocycles. The van der Waals surface area contributed by atoms with Gasteiger partial charge < -0.3 is 0 Å². The van der Waals surface area contributed by atoms with Crippen LogP contribution in [0.2, 0.25) is 0 Å². The van der Waals surface area contributed by atoms with E-state index in [2.05, 4.69) is 4.99 Å². The van der Waals surface area contributed by atoms with Crippen molar-refractivity contribution in [1.82, 2.24) is 0 Å². The molecule has 5 heteroatoms. The molecule has 0 aliphatic rings. The van der Waals surface area contributed by atoms with Crippen LogP contribution in [0.1, 0.15) is 0 Å². The van der Waals surface area contributed by atoms with Gasteiger partial charge in [-0.25, -0.2) is 4.79 Å². The van der Waals surface area contributed by atoms with Gasteiger partial charge >= 0.3 is 0 Å². The van der Waals surface area contributed by atoms with Crippen LogP contribution in [-0.4, -0.2) is 11.3 Å². The summed E-state index contributed by atoms with van der Waals surface area (Å²) in [6.07, 6.45) is 3.79. The van der Waals surface area contributed by atoms with Crippen LogP contribution in [-0.2, 0) is 4.79 Å². The van der Waals surface area contributed by atoms with Gasteiger partial charge in [0.15, 0.2) is 0 Å². The van der Waals surface area contributed by atoms with Crippen molar-refractivity contribution in [3.8, 4) is 0 Å². The molecule has 0 aromatic rings. The summed E-state index contributed by atoms with van der Waals surface area (Å²) in [4.78, 5) is 13.0. The van der Waals surface area contributed by atoms with Crippen molar-refractivity contribution in [2.24, 2.45) is 4.99 Å². The topological polar surface area (TPSA) is 53.3 Å². The molecular formula is C6H4Cl2N2O. The van der Waals surface area contributed by atoms with E-state index < -0.39 is 0 Å². The van der Waals surface area contributed by atoms with Crippen molar-refractivity contribution in [1.29, 1.82) is 5.41 Å². The average molecular weight is 191 g/mol. The maximum Gasteiger partial charge on any atom is 0.240 e. The zero-order chi connectivity index (χ0) is 8.69. The van der Waals surface area contributed by atoms with E-state index in [0.29, 0.717) is 0 Å². The number of carbonyl (C=O) groups excluding carboxylic acids is 1. The highest BCUT2D eigenvalue weighted by atomic mass is 35.5. The quantitative estimate of drug-likeness (QED) is 0.414. The first-order valence-electron chi connectivity index (χ1n) is 2.51. The van der Waals surface area contributed by atoms with Gasteiger partial charge in [0.1, 0.15) is 5.17 Å². The normalized spacial score (nSPS) is 11.3. The molecule has 0 heterocycles. The van der Waals surface area contributed by atoms with Gasteiger partial charge in [0, 0.05) is 11.6 Å². The number of hydrogen-bond donors (Lipinski definition) is 1. The first-order chi connectivity index (χ1) is 5.20. The number of rotatable bonds is 3. The largest absolute Gasteiger partial charge is 0.289 e. The molecule has 0 amide bonds. The van der Waals surface area contributed by atoms with E-state index >= 15 is 0 Å². The van der Waals surface area contributed by atoms with Gasteiger partial charge in [-0.05, 0) is 6.08 Å². The minimum Gasteiger partial charge on any atom is -0.289 e. The van der Waals surface area contributed by atoms with Crippen molar-refractivity contribution in [2.75, 3.05) is 0 Å².